The summed E-state index contributed by atoms with van der Waals surface area (Å²) in [5.74, 6) is 0. The van der Waals surface area contributed by atoms with Gasteiger partial charge in [0, 0.05) is 55.3 Å². The Morgan fingerprint density at radius 2 is 1.45 bits per heavy atom. The monoisotopic (exact) mass is 564 g/mol. The van der Waals surface area contributed by atoms with Crippen LogP contribution in [0.1, 0.15) is 26.0 Å². The molecule has 2 N–H and O–H groups in total. The summed E-state index contributed by atoms with van der Waals surface area (Å²) in [6.45, 7) is 0. The molecule has 13 heteroatoms. The standard InChI is InChI=1S/C9H9BrClN3O2.C9H10ClN3O2.2CH4/c1-12-7(9(10)14(15)16)4-6-2-3-8(11)13-5-6;1-11-8(6-13(14)15)4-7-2-3-9(10)12-5-7;;/h2-3,5,12H,4H2,1H3;2-3,5-6,11H,4H2,1H3;2*1H4/b9-7-;8-6-;;. The van der Waals surface area contributed by atoms with Crippen LogP contribution in [0.15, 0.2) is 58.9 Å². The summed E-state index contributed by atoms with van der Waals surface area (Å²) in [6.07, 6.45) is 4.94. The Morgan fingerprint density at radius 1 is 0.970 bits per heavy atom. The van der Waals surface area contributed by atoms with E-state index in [0.29, 0.717) is 34.5 Å². The Balaban J connectivity index is 0. The smallest absolute Gasteiger partial charge is 0.329 e. The number of allylic oxidation sites excluding steroid dienone is 2. The van der Waals surface area contributed by atoms with Crippen LogP contribution in [0.3, 0.4) is 0 Å². The van der Waals surface area contributed by atoms with Crippen LogP contribution in [0, 0.1) is 20.2 Å². The van der Waals surface area contributed by atoms with Crippen LogP contribution >= 0.6 is 39.1 Å². The van der Waals surface area contributed by atoms with E-state index in [9.17, 15) is 20.2 Å². The fourth-order valence-electron chi connectivity index (χ4n) is 2.15. The third kappa shape index (κ3) is 12.8. The Kier molecular flexibility index (Phi) is 16.5. The SMILES string of the molecule is C.C.CN/C(=C\[N+](=O)[O-])Cc1ccc(Cl)nc1.CN/C(Cc1ccc(Cl)nc1)=C(/Br)[N+](=O)[O-]. The van der Waals surface area contributed by atoms with Crippen LogP contribution in [0.4, 0.5) is 0 Å². The van der Waals surface area contributed by atoms with Crippen molar-refractivity contribution in [2.24, 2.45) is 0 Å². The molecule has 2 aromatic heterocycles. The van der Waals surface area contributed by atoms with E-state index in [-0.39, 0.29) is 19.5 Å². The molecule has 0 aliphatic heterocycles. The van der Waals surface area contributed by atoms with E-state index in [2.05, 4.69) is 36.5 Å². The van der Waals surface area contributed by atoms with Crippen molar-refractivity contribution in [1.29, 1.82) is 0 Å². The average Bonchev–Trinajstić information content (AvgIpc) is 2.74. The second-order valence-corrected chi connectivity index (χ2v) is 7.32. The molecule has 0 spiro atoms. The van der Waals surface area contributed by atoms with E-state index < -0.39 is 9.85 Å². The van der Waals surface area contributed by atoms with Gasteiger partial charge in [-0.15, -0.1) is 0 Å². The first kappa shape index (κ1) is 32.4. The van der Waals surface area contributed by atoms with Gasteiger partial charge in [0.05, 0.1) is 15.5 Å². The number of hydrogen-bond donors (Lipinski definition) is 2. The second-order valence-electron chi connectivity index (χ2n) is 5.80. The number of likely N-dealkylation sites (N-methyl/N-ethyl adjacent to an activating group) is 2. The normalized spacial score (nSPS) is 10.9. The molecule has 0 bridgehead atoms. The molecule has 0 aliphatic carbocycles. The first-order valence-electron chi connectivity index (χ1n) is 8.59. The van der Waals surface area contributed by atoms with Gasteiger partial charge in [-0.3, -0.25) is 20.2 Å². The van der Waals surface area contributed by atoms with Crippen molar-refractivity contribution in [2.75, 3.05) is 14.1 Å². The Labute approximate surface area is 211 Å². The summed E-state index contributed by atoms with van der Waals surface area (Å²) >= 11 is 14.2. The van der Waals surface area contributed by atoms with Gasteiger partial charge in [0.25, 0.3) is 6.20 Å². The molecule has 33 heavy (non-hydrogen) atoms. The molecule has 182 valence electrons. The van der Waals surface area contributed by atoms with Crippen molar-refractivity contribution in [2.45, 2.75) is 27.7 Å². The van der Waals surface area contributed by atoms with Gasteiger partial charge in [-0.05, 0) is 23.3 Å². The third-order valence-corrected chi connectivity index (χ3v) is 4.86. The maximum atomic E-state index is 10.6. The fourth-order valence-corrected chi connectivity index (χ4v) is 2.71. The summed E-state index contributed by atoms with van der Waals surface area (Å²) < 4.78 is -0.0787. The number of aromatic nitrogens is 2. The van der Waals surface area contributed by atoms with E-state index in [0.717, 1.165) is 17.3 Å². The van der Waals surface area contributed by atoms with Gasteiger partial charge in [-0.25, -0.2) is 9.97 Å². The van der Waals surface area contributed by atoms with Crippen LogP contribution in [-0.2, 0) is 12.8 Å². The Morgan fingerprint density at radius 3 is 1.79 bits per heavy atom. The molecular formula is C20H27BrCl2N6O4. The molecule has 0 unspecified atom stereocenters. The molecule has 0 amide bonds. The largest absolute Gasteiger partial charge is 0.386 e. The number of halogens is 3. The number of hydrogen-bond acceptors (Lipinski definition) is 8. The molecule has 0 fully saturated rings. The highest BCUT2D eigenvalue weighted by Gasteiger charge is 2.14. The van der Waals surface area contributed by atoms with Gasteiger partial charge in [0.2, 0.25) is 0 Å². The van der Waals surface area contributed by atoms with Crippen molar-refractivity contribution in [3.05, 3.63) is 101 Å². The highest BCUT2D eigenvalue weighted by atomic mass is 79.9. The first-order chi connectivity index (χ1) is 14.7. The summed E-state index contributed by atoms with van der Waals surface area (Å²) in [5.41, 5.74) is 2.70. The summed E-state index contributed by atoms with van der Waals surface area (Å²) in [7, 11) is 3.27. The zero-order valence-corrected chi connectivity index (χ0v) is 19.6. The van der Waals surface area contributed by atoms with Gasteiger partial charge in [0.1, 0.15) is 16.0 Å². The van der Waals surface area contributed by atoms with Crippen molar-refractivity contribution in [3.63, 3.8) is 0 Å². The Hall–Kier alpha value is -2.76. The molecule has 2 aromatic rings. The molecule has 0 saturated carbocycles. The van der Waals surface area contributed by atoms with Crippen LogP contribution in [0.25, 0.3) is 0 Å². The topological polar surface area (TPSA) is 136 Å². The van der Waals surface area contributed by atoms with Crippen LogP contribution in [0.5, 0.6) is 0 Å². The number of rotatable bonds is 8. The molecule has 0 atom stereocenters. The van der Waals surface area contributed by atoms with E-state index in [1.165, 1.54) is 0 Å². The van der Waals surface area contributed by atoms with Crippen molar-refractivity contribution in [1.82, 2.24) is 20.6 Å². The Bertz CT molecular complexity index is 954. The van der Waals surface area contributed by atoms with E-state index in [1.807, 2.05) is 0 Å². The fraction of sp³-hybridized carbons (Fsp3) is 0.300. The summed E-state index contributed by atoms with van der Waals surface area (Å²) in [4.78, 5) is 27.6. The van der Waals surface area contributed by atoms with Crippen molar-refractivity contribution < 1.29 is 9.85 Å². The zero-order chi connectivity index (χ0) is 23.4. The minimum absolute atomic E-state index is 0. The molecule has 0 saturated heterocycles. The van der Waals surface area contributed by atoms with E-state index in [4.69, 9.17) is 23.2 Å². The average molecular weight is 566 g/mol. The minimum Gasteiger partial charge on any atom is -0.386 e. The van der Waals surface area contributed by atoms with Crippen molar-refractivity contribution >= 4 is 39.1 Å². The van der Waals surface area contributed by atoms with Gasteiger partial charge < -0.3 is 10.6 Å². The third-order valence-electron chi connectivity index (χ3n) is 3.65. The highest BCUT2D eigenvalue weighted by molar-refractivity contribution is 9.11. The van der Waals surface area contributed by atoms with Crippen LogP contribution in [-0.4, -0.2) is 33.9 Å². The molecule has 2 heterocycles. The molecular weight excluding hydrogens is 539 g/mol. The molecule has 10 nitrogen and oxygen atoms in total. The molecule has 0 aliphatic rings. The summed E-state index contributed by atoms with van der Waals surface area (Å²) in [6, 6.07) is 6.84. The first-order valence-corrected chi connectivity index (χ1v) is 10.1. The molecule has 2 rings (SSSR count). The quantitative estimate of drug-likeness (QED) is 0.192. The lowest BCUT2D eigenvalue weighted by Crippen LogP contribution is -2.13. The lowest BCUT2D eigenvalue weighted by Gasteiger charge is -2.05. The maximum Gasteiger partial charge on any atom is 0.329 e. The van der Waals surface area contributed by atoms with Crippen LogP contribution < -0.4 is 10.6 Å². The molecule has 0 aromatic carbocycles. The van der Waals surface area contributed by atoms with Gasteiger partial charge >= 0.3 is 4.61 Å². The zero-order valence-electron chi connectivity index (χ0n) is 16.5. The lowest BCUT2D eigenvalue weighted by molar-refractivity contribution is -0.410. The lowest BCUT2D eigenvalue weighted by atomic mass is 10.2. The second kappa shape index (κ2) is 16.8. The van der Waals surface area contributed by atoms with Crippen molar-refractivity contribution in [3.8, 4) is 0 Å². The predicted molar refractivity (Wildman–Crippen MR) is 136 cm³/mol. The number of pyridine rings is 2. The van der Waals surface area contributed by atoms with Crippen LogP contribution in [0.2, 0.25) is 10.3 Å². The van der Waals surface area contributed by atoms with E-state index in [1.54, 1.807) is 50.8 Å². The molecule has 0 radical (unpaired) electrons. The minimum atomic E-state index is -0.491. The predicted octanol–water partition coefficient (Wildman–Crippen LogP) is 5.22. The highest BCUT2D eigenvalue weighted by Crippen LogP contribution is 2.16. The number of nitrogens with one attached hydrogen (secondary N) is 2. The van der Waals surface area contributed by atoms with E-state index >= 15 is 0 Å². The number of nitrogens with zero attached hydrogens (tertiary/aromatic N) is 4. The van der Waals surface area contributed by atoms with Gasteiger partial charge in [-0.2, -0.15) is 0 Å². The van der Waals surface area contributed by atoms with Gasteiger partial charge in [0.15, 0.2) is 0 Å². The maximum absolute atomic E-state index is 10.6. The number of nitro groups is 2. The summed E-state index contributed by atoms with van der Waals surface area (Å²) in [5, 5.41) is 27.2. The van der Waals surface area contributed by atoms with Gasteiger partial charge in [-0.1, -0.05) is 50.2 Å².